The smallest absolute Gasteiger partial charge is 0.278 e. The van der Waals surface area contributed by atoms with Gasteiger partial charge >= 0.3 is 0 Å². The van der Waals surface area contributed by atoms with Crippen LogP contribution in [-0.4, -0.2) is 19.9 Å². The standard InChI is InChI=1S/C27H22N4O3/c1-3-7-19(8-4-1)17-32-23-13-11-21(12-14-23)26-28-27(34-30-26)24-15-22-18-33-25(16-31(22)29-24)20-9-5-2-6-10-20/h1-15,25H,16-18H2. The number of aromatic nitrogens is 4. The Hall–Kier alpha value is -4.23. The van der Waals surface area contributed by atoms with Crippen molar-refractivity contribution in [3.05, 3.63) is 108 Å². The van der Waals surface area contributed by atoms with Gasteiger partial charge in [-0.25, -0.2) is 0 Å². The second kappa shape index (κ2) is 8.96. The van der Waals surface area contributed by atoms with Gasteiger partial charge in [0, 0.05) is 5.56 Å². The average molecular weight is 450 g/mol. The molecule has 168 valence electrons. The van der Waals surface area contributed by atoms with Crippen LogP contribution >= 0.6 is 0 Å². The van der Waals surface area contributed by atoms with Gasteiger partial charge in [-0.1, -0.05) is 65.8 Å². The minimum Gasteiger partial charge on any atom is -0.489 e. The van der Waals surface area contributed by atoms with Crippen molar-refractivity contribution < 1.29 is 14.0 Å². The SMILES string of the molecule is c1ccc(COc2ccc(-c3noc(-c4cc5n(n4)CC(c4ccccc4)OC5)n3)cc2)cc1. The van der Waals surface area contributed by atoms with Gasteiger partial charge in [-0.3, -0.25) is 4.68 Å². The van der Waals surface area contributed by atoms with E-state index in [0.717, 1.165) is 28.1 Å². The molecular formula is C27H22N4O3. The minimum atomic E-state index is -0.0256. The molecule has 34 heavy (non-hydrogen) atoms. The maximum absolute atomic E-state index is 6.03. The highest BCUT2D eigenvalue weighted by atomic mass is 16.5. The van der Waals surface area contributed by atoms with E-state index in [4.69, 9.17) is 19.1 Å². The van der Waals surface area contributed by atoms with Crippen molar-refractivity contribution in [2.24, 2.45) is 0 Å². The number of fused-ring (bicyclic) bond motifs is 1. The molecule has 7 nitrogen and oxygen atoms in total. The molecular weight excluding hydrogens is 428 g/mol. The highest BCUT2D eigenvalue weighted by molar-refractivity contribution is 5.59. The van der Waals surface area contributed by atoms with E-state index in [-0.39, 0.29) is 6.10 Å². The predicted octanol–water partition coefficient (Wildman–Crippen LogP) is 5.45. The number of ether oxygens (including phenoxy) is 2. The Labute approximate surface area is 196 Å². The molecule has 0 spiro atoms. The van der Waals surface area contributed by atoms with Crippen LogP contribution in [-0.2, 0) is 24.5 Å². The highest BCUT2D eigenvalue weighted by Gasteiger charge is 2.24. The largest absolute Gasteiger partial charge is 0.489 e. The van der Waals surface area contributed by atoms with Crippen LogP contribution in [0.25, 0.3) is 23.0 Å². The molecule has 7 heteroatoms. The summed E-state index contributed by atoms with van der Waals surface area (Å²) in [7, 11) is 0. The lowest BCUT2D eigenvalue weighted by Crippen LogP contribution is -2.21. The van der Waals surface area contributed by atoms with Crippen LogP contribution in [0.5, 0.6) is 5.75 Å². The molecule has 0 aliphatic carbocycles. The van der Waals surface area contributed by atoms with Crippen molar-refractivity contribution in [2.75, 3.05) is 0 Å². The molecule has 3 heterocycles. The van der Waals surface area contributed by atoms with Gasteiger partial charge in [0.15, 0.2) is 5.69 Å². The Bertz CT molecular complexity index is 1380. The predicted molar refractivity (Wildman–Crippen MR) is 126 cm³/mol. The maximum atomic E-state index is 6.03. The van der Waals surface area contributed by atoms with Crippen molar-refractivity contribution in [2.45, 2.75) is 25.9 Å². The Kier molecular flexibility index (Phi) is 5.37. The lowest BCUT2D eigenvalue weighted by molar-refractivity contribution is -0.00113. The van der Waals surface area contributed by atoms with E-state index >= 15 is 0 Å². The topological polar surface area (TPSA) is 75.2 Å². The molecule has 0 bridgehead atoms. The van der Waals surface area contributed by atoms with E-state index in [2.05, 4.69) is 22.3 Å². The van der Waals surface area contributed by atoms with E-state index in [9.17, 15) is 0 Å². The zero-order chi connectivity index (χ0) is 22.7. The van der Waals surface area contributed by atoms with Crippen LogP contribution in [0.2, 0.25) is 0 Å². The minimum absolute atomic E-state index is 0.0256. The number of rotatable bonds is 6. The van der Waals surface area contributed by atoms with Crippen LogP contribution in [0, 0.1) is 0 Å². The number of hydrogen-bond donors (Lipinski definition) is 0. The second-order valence-electron chi connectivity index (χ2n) is 8.14. The van der Waals surface area contributed by atoms with Gasteiger partial charge in [0.2, 0.25) is 5.82 Å². The van der Waals surface area contributed by atoms with Crippen molar-refractivity contribution in [3.63, 3.8) is 0 Å². The van der Waals surface area contributed by atoms with E-state index in [1.165, 1.54) is 0 Å². The van der Waals surface area contributed by atoms with Crippen LogP contribution < -0.4 is 4.74 Å². The van der Waals surface area contributed by atoms with Crippen LogP contribution in [0.15, 0.2) is 95.5 Å². The first-order valence-electron chi connectivity index (χ1n) is 11.2. The summed E-state index contributed by atoms with van der Waals surface area (Å²) in [5.74, 6) is 1.68. The summed E-state index contributed by atoms with van der Waals surface area (Å²) < 4.78 is 19.4. The van der Waals surface area contributed by atoms with Gasteiger partial charge in [0.25, 0.3) is 5.89 Å². The van der Waals surface area contributed by atoms with E-state index < -0.39 is 0 Å². The van der Waals surface area contributed by atoms with Crippen molar-refractivity contribution in [1.29, 1.82) is 0 Å². The summed E-state index contributed by atoms with van der Waals surface area (Å²) in [5, 5.41) is 8.84. The molecule has 6 rings (SSSR count). The molecule has 0 fully saturated rings. The molecule has 1 aliphatic heterocycles. The summed E-state index contributed by atoms with van der Waals surface area (Å²) >= 11 is 0. The van der Waals surface area contributed by atoms with Gasteiger partial charge < -0.3 is 14.0 Å². The zero-order valence-electron chi connectivity index (χ0n) is 18.4. The quantitative estimate of drug-likeness (QED) is 0.342. The third kappa shape index (κ3) is 4.21. The molecule has 0 amide bonds. The van der Waals surface area contributed by atoms with E-state index in [0.29, 0.717) is 37.2 Å². The third-order valence-corrected chi connectivity index (χ3v) is 5.81. The molecule has 3 aromatic carbocycles. The number of benzene rings is 3. The van der Waals surface area contributed by atoms with Gasteiger partial charge in [0.05, 0.1) is 18.8 Å². The fourth-order valence-electron chi connectivity index (χ4n) is 3.99. The molecule has 0 N–H and O–H groups in total. The Balaban J connectivity index is 1.15. The summed E-state index contributed by atoms with van der Waals surface area (Å²) in [6.07, 6.45) is -0.0256. The van der Waals surface area contributed by atoms with Gasteiger partial charge in [-0.15, -0.1) is 0 Å². The normalized spacial score (nSPS) is 15.1. The fourth-order valence-corrected chi connectivity index (χ4v) is 3.99. The summed E-state index contributed by atoms with van der Waals surface area (Å²) in [4.78, 5) is 4.56. The Morgan fingerprint density at radius 2 is 1.68 bits per heavy atom. The molecule has 1 unspecified atom stereocenters. The molecule has 1 atom stereocenters. The van der Waals surface area contributed by atoms with E-state index in [1.807, 2.05) is 83.5 Å². The molecule has 0 saturated heterocycles. The van der Waals surface area contributed by atoms with Crippen molar-refractivity contribution in [1.82, 2.24) is 19.9 Å². The van der Waals surface area contributed by atoms with E-state index in [1.54, 1.807) is 0 Å². The first kappa shape index (κ1) is 20.4. The maximum Gasteiger partial charge on any atom is 0.278 e. The molecule has 2 aromatic heterocycles. The highest BCUT2D eigenvalue weighted by Crippen LogP contribution is 2.29. The molecule has 0 radical (unpaired) electrons. The Morgan fingerprint density at radius 1 is 0.912 bits per heavy atom. The second-order valence-corrected chi connectivity index (χ2v) is 8.14. The lowest BCUT2D eigenvalue weighted by atomic mass is 10.1. The average Bonchev–Trinajstić information content (AvgIpc) is 3.56. The van der Waals surface area contributed by atoms with Gasteiger partial charge in [0.1, 0.15) is 18.5 Å². The number of nitrogens with zero attached hydrogens (tertiary/aromatic N) is 4. The summed E-state index contributed by atoms with van der Waals surface area (Å²) in [6, 6.07) is 29.9. The molecule has 0 saturated carbocycles. The first-order valence-corrected chi connectivity index (χ1v) is 11.2. The van der Waals surface area contributed by atoms with Crippen LogP contribution in [0.1, 0.15) is 22.9 Å². The molecule has 1 aliphatic rings. The van der Waals surface area contributed by atoms with Crippen LogP contribution in [0.4, 0.5) is 0 Å². The van der Waals surface area contributed by atoms with Gasteiger partial charge in [-0.2, -0.15) is 10.1 Å². The van der Waals surface area contributed by atoms with Crippen molar-refractivity contribution >= 4 is 0 Å². The monoisotopic (exact) mass is 450 g/mol. The number of hydrogen-bond acceptors (Lipinski definition) is 6. The fraction of sp³-hybridized carbons (Fsp3) is 0.148. The Morgan fingerprint density at radius 3 is 2.47 bits per heavy atom. The lowest BCUT2D eigenvalue weighted by Gasteiger charge is -2.24. The third-order valence-electron chi connectivity index (χ3n) is 5.81. The van der Waals surface area contributed by atoms with Crippen molar-refractivity contribution in [3.8, 4) is 28.7 Å². The molecule has 5 aromatic rings. The van der Waals surface area contributed by atoms with Crippen LogP contribution in [0.3, 0.4) is 0 Å². The zero-order valence-corrected chi connectivity index (χ0v) is 18.4. The first-order chi connectivity index (χ1) is 16.8. The summed E-state index contributed by atoms with van der Waals surface area (Å²) in [6.45, 7) is 1.65. The summed E-state index contributed by atoms with van der Waals surface area (Å²) in [5.41, 5.74) is 4.74. The van der Waals surface area contributed by atoms with Gasteiger partial charge in [-0.05, 0) is 41.5 Å².